The lowest BCUT2D eigenvalue weighted by molar-refractivity contribution is 0.152. The Kier molecular flexibility index (Phi) is 1.95. The summed E-state index contributed by atoms with van der Waals surface area (Å²) in [6.45, 7) is 1.47. The van der Waals surface area contributed by atoms with Gasteiger partial charge in [0.15, 0.2) is 5.65 Å². The number of hydrogen-bond donors (Lipinski definition) is 0. The van der Waals surface area contributed by atoms with Crippen LogP contribution in [0.4, 0.5) is 0 Å². The molecule has 2 aliphatic rings. The second kappa shape index (κ2) is 3.33. The molecule has 0 bridgehead atoms. The summed E-state index contributed by atoms with van der Waals surface area (Å²) < 4.78 is 8.68. The van der Waals surface area contributed by atoms with Gasteiger partial charge in [0.1, 0.15) is 5.52 Å². The summed E-state index contributed by atoms with van der Waals surface area (Å²) in [7, 11) is 1.73. The highest BCUT2D eigenvalue weighted by Crippen LogP contribution is 2.54. The van der Waals surface area contributed by atoms with Crippen molar-refractivity contribution in [3.05, 3.63) is 22.0 Å². The molecule has 2 fully saturated rings. The number of imidazole rings is 1. The Morgan fingerprint density at radius 1 is 1.44 bits per heavy atom. The normalized spacial score (nSPS) is 29.8. The summed E-state index contributed by atoms with van der Waals surface area (Å²) in [5.74, 6) is 0.893. The summed E-state index contributed by atoms with van der Waals surface area (Å²) in [5, 5.41) is 0.170. The average molecular weight is 267 g/mol. The molecule has 1 aliphatic carbocycles. The Morgan fingerprint density at radius 3 is 2.89 bits per heavy atom. The van der Waals surface area contributed by atoms with Gasteiger partial charge in [0.2, 0.25) is 5.28 Å². The van der Waals surface area contributed by atoms with Crippen LogP contribution in [0.1, 0.15) is 6.04 Å². The molecule has 2 aromatic rings. The summed E-state index contributed by atoms with van der Waals surface area (Å²) in [4.78, 5) is 20.4. The van der Waals surface area contributed by atoms with Crippen LogP contribution >= 0.6 is 11.6 Å². The first kappa shape index (κ1) is 10.5. The summed E-state index contributed by atoms with van der Waals surface area (Å²) in [6.07, 6.45) is 1.59. The fraction of sp³-hybridized carbons (Fsp3) is 0.545. The first-order valence-electron chi connectivity index (χ1n) is 5.85. The van der Waals surface area contributed by atoms with Gasteiger partial charge in [-0.05, 0) is 11.6 Å². The van der Waals surface area contributed by atoms with Crippen molar-refractivity contribution in [1.82, 2.24) is 19.1 Å². The molecule has 7 heteroatoms. The van der Waals surface area contributed by atoms with Crippen LogP contribution in [-0.2, 0) is 11.8 Å². The van der Waals surface area contributed by atoms with Gasteiger partial charge in [-0.1, -0.05) is 0 Å². The SMILES string of the molecule is Cn1c(=O)n([C@@H]2[C@@H]3COC[C@@H]32)c2nc(Cl)ncc21. The fourth-order valence-corrected chi connectivity index (χ4v) is 3.10. The zero-order chi connectivity index (χ0) is 12.4. The van der Waals surface area contributed by atoms with Crippen LogP contribution in [0.2, 0.25) is 5.28 Å². The van der Waals surface area contributed by atoms with Crippen molar-refractivity contribution in [2.45, 2.75) is 6.04 Å². The van der Waals surface area contributed by atoms with Crippen LogP contribution in [-0.4, -0.2) is 32.3 Å². The van der Waals surface area contributed by atoms with E-state index in [1.165, 1.54) is 0 Å². The molecule has 1 saturated heterocycles. The quantitative estimate of drug-likeness (QED) is 0.709. The van der Waals surface area contributed by atoms with E-state index < -0.39 is 0 Å². The molecule has 0 spiro atoms. The molecule has 3 heterocycles. The largest absolute Gasteiger partial charge is 0.381 e. The number of fused-ring (bicyclic) bond motifs is 2. The second-order valence-corrected chi connectivity index (χ2v) is 5.25. The zero-order valence-corrected chi connectivity index (χ0v) is 10.5. The Hall–Kier alpha value is -1.40. The third kappa shape index (κ3) is 1.19. The van der Waals surface area contributed by atoms with E-state index in [-0.39, 0.29) is 17.0 Å². The summed E-state index contributed by atoms with van der Waals surface area (Å²) in [6, 6.07) is 0.209. The highest BCUT2D eigenvalue weighted by Gasteiger charge is 2.56. The molecule has 0 N–H and O–H groups in total. The van der Waals surface area contributed by atoms with Gasteiger partial charge in [0.25, 0.3) is 0 Å². The van der Waals surface area contributed by atoms with Crippen molar-refractivity contribution >= 4 is 22.8 Å². The highest BCUT2D eigenvalue weighted by molar-refractivity contribution is 6.28. The number of ether oxygens (including phenoxy) is 1. The summed E-state index contributed by atoms with van der Waals surface area (Å²) >= 11 is 5.83. The van der Waals surface area contributed by atoms with E-state index in [9.17, 15) is 4.79 Å². The molecular weight excluding hydrogens is 256 g/mol. The molecule has 0 radical (unpaired) electrons. The maximum absolute atomic E-state index is 12.3. The summed E-state index contributed by atoms with van der Waals surface area (Å²) in [5.41, 5.74) is 1.29. The van der Waals surface area contributed by atoms with Crippen LogP contribution in [0.5, 0.6) is 0 Å². The lowest BCUT2D eigenvalue weighted by atomic mass is 10.4. The van der Waals surface area contributed by atoms with Crippen molar-refractivity contribution in [1.29, 1.82) is 0 Å². The number of rotatable bonds is 1. The van der Waals surface area contributed by atoms with Crippen molar-refractivity contribution in [2.24, 2.45) is 18.9 Å². The first-order valence-corrected chi connectivity index (χ1v) is 6.23. The van der Waals surface area contributed by atoms with Crippen LogP contribution in [0.25, 0.3) is 11.2 Å². The predicted molar refractivity (Wildman–Crippen MR) is 64.6 cm³/mol. The standard InChI is InChI=1S/C11H11ClN4O2/c1-15-7-2-13-10(12)14-9(7)16(11(15)17)8-5-3-18-4-6(5)8/h2,5-6,8H,3-4H2,1H3/t5-,6+,8-. The van der Waals surface area contributed by atoms with Gasteiger partial charge in [-0.3, -0.25) is 9.13 Å². The van der Waals surface area contributed by atoms with E-state index in [2.05, 4.69) is 9.97 Å². The average Bonchev–Trinajstić information content (AvgIpc) is 2.72. The van der Waals surface area contributed by atoms with Crippen molar-refractivity contribution in [3.63, 3.8) is 0 Å². The van der Waals surface area contributed by atoms with Gasteiger partial charge in [0.05, 0.1) is 25.5 Å². The Morgan fingerprint density at radius 2 is 2.17 bits per heavy atom. The smallest absolute Gasteiger partial charge is 0.330 e. The van der Waals surface area contributed by atoms with E-state index in [4.69, 9.17) is 16.3 Å². The van der Waals surface area contributed by atoms with Crippen LogP contribution in [0.3, 0.4) is 0 Å². The van der Waals surface area contributed by atoms with Crippen LogP contribution < -0.4 is 5.69 Å². The predicted octanol–water partition coefficient (Wildman–Crippen LogP) is 0.601. The number of aryl methyl sites for hydroxylation is 1. The van der Waals surface area contributed by atoms with Gasteiger partial charge >= 0.3 is 5.69 Å². The third-order valence-corrected chi connectivity index (χ3v) is 4.19. The molecule has 1 saturated carbocycles. The Labute approximate surface area is 107 Å². The Balaban J connectivity index is 1.97. The third-order valence-electron chi connectivity index (χ3n) is 4.01. The molecule has 4 rings (SSSR count). The van der Waals surface area contributed by atoms with Crippen LogP contribution in [0, 0.1) is 11.8 Å². The second-order valence-electron chi connectivity index (χ2n) is 4.92. The highest BCUT2D eigenvalue weighted by atomic mass is 35.5. The fourth-order valence-electron chi connectivity index (χ4n) is 2.98. The van der Waals surface area contributed by atoms with Crippen LogP contribution in [0.15, 0.2) is 11.0 Å². The van der Waals surface area contributed by atoms with E-state index >= 15 is 0 Å². The number of hydrogen-bond acceptors (Lipinski definition) is 4. The minimum absolute atomic E-state index is 0.0547. The minimum atomic E-state index is -0.0547. The zero-order valence-electron chi connectivity index (χ0n) is 9.71. The van der Waals surface area contributed by atoms with Crippen molar-refractivity contribution in [2.75, 3.05) is 13.2 Å². The van der Waals surface area contributed by atoms with E-state index in [0.717, 1.165) is 18.7 Å². The molecule has 0 aromatic carbocycles. The van der Waals surface area contributed by atoms with Gasteiger partial charge in [-0.15, -0.1) is 0 Å². The molecule has 6 nitrogen and oxygen atoms in total. The molecule has 18 heavy (non-hydrogen) atoms. The number of aromatic nitrogens is 4. The molecular formula is C11H11ClN4O2. The van der Waals surface area contributed by atoms with Gasteiger partial charge in [-0.25, -0.2) is 9.78 Å². The topological polar surface area (TPSA) is 61.9 Å². The molecule has 94 valence electrons. The molecule has 1 aliphatic heterocycles. The number of nitrogens with zero attached hydrogens (tertiary/aromatic N) is 4. The van der Waals surface area contributed by atoms with Crippen molar-refractivity contribution in [3.8, 4) is 0 Å². The van der Waals surface area contributed by atoms with Crippen molar-refractivity contribution < 1.29 is 4.74 Å². The Bertz CT molecular complexity index is 697. The maximum atomic E-state index is 12.3. The molecule has 3 atom stereocenters. The lowest BCUT2D eigenvalue weighted by Crippen LogP contribution is -2.23. The van der Waals surface area contributed by atoms with Gasteiger partial charge < -0.3 is 4.74 Å². The molecule has 0 unspecified atom stereocenters. The van der Waals surface area contributed by atoms with E-state index in [1.54, 1.807) is 22.4 Å². The van der Waals surface area contributed by atoms with Gasteiger partial charge in [-0.2, -0.15) is 4.98 Å². The first-order chi connectivity index (χ1) is 8.68. The van der Waals surface area contributed by atoms with Gasteiger partial charge in [0, 0.05) is 18.9 Å². The number of halogens is 1. The molecule has 0 amide bonds. The monoisotopic (exact) mass is 266 g/mol. The lowest BCUT2D eigenvalue weighted by Gasteiger charge is -2.05. The van der Waals surface area contributed by atoms with E-state index in [0.29, 0.717) is 17.5 Å². The molecule has 2 aromatic heterocycles. The minimum Gasteiger partial charge on any atom is -0.381 e. The maximum Gasteiger partial charge on any atom is 0.330 e. The van der Waals surface area contributed by atoms with E-state index in [1.807, 2.05) is 0 Å².